The van der Waals surface area contributed by atoms with Gasteiger partial charge in [-0.3, -0.25) is 0 Å². The van der Waals surface area contributed by atoms with E-state index < -0.39 is 16.4 Å². The molecule has 176 valence electrons. The van der Waals surface area contributed by atoms with Crippen LogP contribution >= 0.6 is 0 Å². The van der Waals surface area contributed by atoms with Crippen LogP contribution in [0.15, 0.2) is 18.4 Å². The molecular weight excluding hydrogens is 420 g/mol. The molecule has 1 aliphatic rings. The molecule has 2 rings (SSSR count). The molecule has 0 spiro atoms. The molecule has 0 N–H and O–H groups in total. The molecule has 0 amide bonds. The highest BCUT2D eigenvalue weighted by Gasteiger charge is 2.44. The van der Waals surface area contributed by atoms with Gasteiger partial charge in [0.25, 0.3) is 0 Å². The SMILES string of the molecule is COc1ccc2c(c1OC(C)C)OC([Si](C)(C)CC(C)C)C2=CO[Si](C)(C)CC(C)C. The Balaban J connectivity index is 2.57. The summed E-state index contributed by atoms with van der Waals surface area (Å²) in [7, 11) is -1.89. The van der Waals surface area contributed by atoms with Crippen molar-refractivity contribution in [1.29, 1.82) is 0 Å². The van der Waals surface area contributed by atoms with Crippen LogP contribution in [-0.2, 0) is 4.43 Å². The highest BCUT2D eigenvalue weighted by Crippen LogP contribution is 2.51. The minimum atomic E-state index is -1.81. The molecule has 1 aromatic rings. The molecule has 0 radical (unpaired) electrons. The summed E-state index contributed by atoms with van der Waals surface area (Å²) in [5.74, 6) is 3.48. The van der Waals surface area contributed by atoms with Crippen LogP contribution in [0.3, 0.4) is 0 Å². The molecule has 0 bridgehead atoms. The van der Waals surface area contributed by atoms with E-state index in [1.807, 2.05) is 26.2 Å². The van der Waals surface area contributed by atoms with Crippen molar-refractivity contribution in [3.63, 3.8) is 0 Å². The van der Waals surface area contributed by atoms with Gasteiger partial charge in [0.15, 0.2) is 11.5 Å². The Kier molecular flexibility index (Phi) is 8.36. The largest absolute Gasteiger partial charge is 0.549 e. The average molecular weight is 465 g/mol. The Bertz CT molecular complexity index is 782. The first-order valence-electron chi connectivity index (χ1n) is 11.7. The summed E-state index contributed by atoms with van der Waals surface area (Å²) in [5, 5.41) is 0. The first-order valence-corrected chi connectivity index (χ1v) is 18.1. The van der Waals surface area contributed by atoms with E-state index in [9.17, 15) is 0 Å². The zero-order valence-corrected chi connectivity index (χ0v) is 23.6. The van der Waals surface area contributed by atoms with Gasteiger partial charge in [-0.1, -0.05) is 46.8 Å². The monoisotopic (exact) mass is 464 g/mol. The third kappa shape index (κ3) is 6.54. The lowest BCUT2D eigenvalue weighted by molar-refractivity contribution is 0.213. The molecule has 0 aromatic heterocycles. The van der Waals surface area contributed by atoms with Crippen molar-refractivity contribution in [2.24, 2.45) is 11.8 Å². The molecule has 0 aliphatic carbocycles. The van der Waals surface area contributed by atoms with Crippen molar-refractivity contribution in [2.45, 2.75) is 91.6 Å². The first kappa shape index (κ1) is 25.9. The van der Waals surface area contributed by atoms with Crippen LogP contribution in [0.1, 0.15) is 47.1 Å². The second-order valence-electron chi connectivity index (χ2n) is 11.3. The summed E-state index contributed by atoms with van der Waals surface area (Å²) in [6.45, 7) is 22.6. The number of fused-ring (bicyclic) bond motifs is 1. The summed E-state index contributed by atoms with van der Waals surface area (Å²) >= 11 is 0. The minimum Gasteiger partial charge on any atom is -0.549 e. The molecule has 4 nitrogen and oxygen atoms in total. The first-order chi connectivity index (χ1) is 14.3. The lowest BCUT2D eigenvalue weighted by Gasteiger charge is -2.32. The number of rotatable bonds is 10. The zero-order valence-electron chi connectivity index (χ0n) is 21.6. The van der Waals surface area contributed by atoms with Crippen LogP contribution in [0.25, 0.3) is 5.57 Å². The maximum atomic E-state index is 6.73. The van der Waals surface area contributed by atoms with Gasteiger partial charge in [0.1, 0.15) is 13.8 Å². The maximum Gasteiger partial charge on any atom is 0.244 e. The Labute approximate surface area is 192 Å². The van der Waals surface area contributed by atoms with Gasteiger partial charge < -0.3 is 18.6 Å². The average Bonchev–Trinajstić information content (AvgIpc) is 2.98. The Morgan fingerprint density at radius 2 is 1.58 bits per heavy atom. The Morgan fingerprint density at radius 1 is 0.968 bits per heavy atom. The fourth-order valence-electron chi connectivity index (χ4n) is 4.84. The van der Waals surface area contributed by atoms with Crippen LogP contribution in [0.4, 0.5) is 0 Å². The normalized spacial score (nSPS) is 18.0. The van der Waals surface area contributed by atoms with Gasteiger partial charge in [-0.25, -0.2) is 0 Å². The predicted molar refractivity (Wildman–Crippen MR) is 136 cm³/mol. The smallest absolute Gasteiger partial charge is 0.244 e. The number of hydrogen-bond acceptors (Lipinski definition) is 4. The van der Waals surface area contributed by atoms with Crippen LogP contribution in [-0.4, -0.2) is 35.3 Å². The molecule has 0 fully saturated rings. The molecule has 1 aliphatic heterocycles. The molecule has 0 saturated carbocycles. The van der Waals surface area contributed by atoms with Gasteiger partial charge in [0.05, 0.1) is 19.5 Å². The van der Waals surface area contributed by atoms with E-state index in [-0.39, 0.29) is 11.8 Å². The molecule has 1 heterocycles. The van der Waals surface area contributed by atoms with Crippen molar-refractivity contribution >= 4 is 22.0 Å². The van der Waals surface area contributed by atoms with Crippen molar-refractivity contribution in [3.8, 4) is 17.2 Å². The number of ether oxygens (including phenoxy) is 3. The minimum absolute atomic E-state index is 0.0324. The van der Waals surface area contributed by atoms with Gasteiger partial charge in [-0.15, -0.1) is 0 Å². The highest BCUT2D eigenvalue weighted by atomic mass is 28.4. The van der Waals surface area contributed by atoms with E-state index in [1.54, 1.807) is 7.11 Å². The van der Waals surface area contributed by atoms with Crippen LogP contribution in [0, 0.1) is 11.8 Å². The number of benzene rings is 1. The topological polar surface area (TPSA) is 36.9 Å². The van der Waals surface area contributed by atoms with E-state index in [0.717, 1.165) is 17.4 Å². The van der Waals surface area contributed by atoms with Crippen molar-refractivity contribution in [3.05, 3.63) is 24.0 Å². The van der Waals surface area contributed by atoms with Gasteiger partial charge >= 0.3 is 0 Å². The standard InChI is InChI=1S/C25H44O4Si2/c1-17(2)15-30(8,9)25-21(14-27-31(10,11)16-18(3)4)20-12-13-22(26-7)24(23(20)29-25)28-19(5)6/h12-14,17-19,25H,15-16H2,1-11H3. The van der Waals surface area contributed by atoms with Crippen LogP contribution in [0.5, 0.6) is 17.2 Å². The van der Waals surface area contributed by atoms with Gasteiger partial charge in [0, 0.05) is 11.1 Å². The number of methoxy groups -OCH3 is 1. The van der Waals surface area contributed by atoms with E-state index >= 15 is 0 Å². The summed E-state index contributed by atoms with van der Waals surface area (Å²) < 4.78 is 25.1. The lowest BCUT2D eigenvalue weighted by Crippen LogP contribution is -2.45. The second kappa shape index (κ2) is 10.0. The number of hydrogen-bond donors (Lipinski definition) is 0. The summed E-state index contributed by atoms with van der Waals surface area (Å²) in [6.07, 6.45) is 2.07. The van der Waals surface area contributed by atoms with E-state index in [2.05, 4.69) is 59.9 Å². The predicted octanol–water partition coefficient (Wildman–Crippen LogP) is 7.37. The molecule has 1 unspecified atom stereocenters. The van der Waals surface area contributed by atoms with E-state index in [0.29, 0.717) is 23.3 Å². The fourth-order valence-corrected chi connectivity index (χ4v) is 11.2. The molecular formula is C25H44O4Si2. The fraction of sp³-hybridized carbons (Fsp3) is 0.680. The molecule has 1 atom stereocenters. The highest BCUT2D eigenvalue weighted by molar-refractivity contribution is 6.80. The second-order valence-corrected chi connectivity index (χ2v) is 20.3. The van der Waals surface area contributed by atoms with Crippen LogP contribution in [0.2, 0.25) is 38.3 Å². The quantitative estimate of drug-likeness (QED) is 0.268. The van der Waals surface area contributed by atoms with Gasteiger partial charge in [-0.2, -0.15) is 0 Å². The van der Waals surface area contributed by atoms with Gasteiger partial charge in [0.2, 0.25) is 14.1 Å². The van der Waals surface area contributed by atoms with Crippen molar-refractivity contribution in [2.75, 3.05) is 7.11 Å². The third-order valence-electron chi connectivity index (χ3n) is 5.53. The Morgan fingerprint density at radius 3 is 2.10 bits per heavy atom. The summed E-state index contributed by atoms with van der Waals surface area (Å²) in [4.78, 5) is 0. The third-order valence-corrected chi connectivity index (χ3v) is 11.8. The molecule has 31 heavy (non-hydrogen) atoms. The summed E-state index contributed by atoms with van der Waals surface area (Å²) in [6, 6.07) is 6.41. The maximum absolute atomic E-state index is 6.73. The van der Waals surface area contributed by atoms with Crippen molar-refractivity contribution in [1.82, 2.24) is 0 Å². The Hall–Kier alpha value is -1.41. The lowest BCUT2D eigenvalue weighted by atomic mass is 10.1. The zero-order chi connectivity index (χ0) is 23.6. The van der Waals surface area contributed by atoms with E-state index in [1.165, 1.54) is 11.6 Å². The summed E-state index contributed by atoms with van der Waals surface area (Å²) in [5.41, 5.74) is 2.29. The van der Waals surface area contributed by atoms with Crippen LogP contribution < -0.4 is 14.2 Å². The van der Waals surface area contributed by atoms with Gasteiger partial charge in [-0.05, 0) is 57.0 Å². The molecule has 6 heteroatoms. The molecule has 0 saturated heterocycles. The van der Waals surface area contributed by atoms with Crippen molar-refractivity contribution < 1.29 is 18.6 Å². The van der Waals surface area contributed by atoms with E-state index in [4.69, 9.17) is 18.6 Å². The molecule has 1 aromatic carbocycles.